The first-order valence-corrected chi connectivity index (χ1v) is 7.02. The van der Waals surface area contributed by atoms with Crippen molar-refractivity contribution in [2.24, 2.45) is 11.8 Å². The van der Waals surface area contributed by atoms with Gasteiger partial charge in [-0.2, -0.15) is 0 Å². The van der Waals surface area contributed by atoms with Crippen LogP contribution < -0.4 is 16.6 Å². The Balaban J connectivity index is 2.63. The van der Waals surface area contributed by atoms with Crippen LogP contribution in [0, 0.1) is 19.8 Å². The fraction of sp³-hybridized carbons (Fsp3) is 0.714. The fourth-order valence-electron chi connectivity index (χ4n) is 2.05. The minimum atomic E-state index is 0.400. The zero-order chi connectivity index (χ0) is 14.4. The third kappa shape index (κ3) is 5.03. The summed E-state index contributed by atoms with van der Waals surface area (Å²) in [6, 6.07) is 0.400. The van der Waals surface area contributed by atoms with Crippen LogP contribution in [0.1, 0.15) is 51.4 Å². The van der Waals surface area contributed by atoms with E-state index in [9.17, 15) is 0 Å². The van der Waals surface area contributed by atoms with Crippen LogP contribution in [0.3, 0.4) is 0 Å². The van der Waals surface area contributed by atoms with Crippen LogP contribution in [0.15, 0.2) is 0 Å². The second-order valence-electron chi connectivity index (χ2n) is 5.61. The molecular weight excluding hydrogens is 238 g/mol. The average molecular weight is 265 g/mol. The summed E-state index contributed by atoms with van der Waals surface area (Å²) >= 11 is 0. The first-order valence-electron chi connectivity index (χ1n) is 7.02. The maximum Gasteiger partial charge on any atom is 0.148 e. The lowest BCUT2D eigenvalue weighted by Gasteiger charge is -2.18. The van der Waals surface area contributed by atoms with Crippen molar-refractivity contribution in [3.63, 3.8) is 0 Å². The molecule has 1 atom stereocenters. The summed E-state index contributed by atoms with van der Waals surface area (Å²) in [4.78, 5) is 8.70. The first-order chi connectivity index (χ1) is 8.93. The van der Waals surface area contributed by atoms with Crippen LogP contribution >= 0.6 is 0 Å². The summed E-state index contributed by atoms with van der Waals surface area (Å²) in [6.45, 7) is 10.5. The van der Waals surface area contributed by atoms with Crippen molar-refractivity contribution in [3.8, 4) is 0 Å². The van der Waals surface area contributed by atoms with Crippen molar-refractivity contribution in [2.45, 2.75) is 59.9 Å². The summed E-state index contributed by atoms with van der Waals surface area (Å²) in [5.41, 5.74) is 3.58. The molecule has 0 radical (unpaired) electrons. The Morgan fingerprint density at radius 2 is 1.68 bits per heavy atom. The van der Waals surface area contributed by atoms with Crippen LogP contribution in [-0.4, -0.2) is 16.0 Å². The van der Waals surface area contributed by atoms with Gasteiger partial charge in [0.1, 0.15) is 17.5 Å². The number of nitrogens with one attached hydrogen (secondary N) is 2. The minimum absolute atomic E-state index is 0.400. The van der Waals surface area contributed by atoms with Crippen molar-refractivity contribution < 1.29 is 0 Å². The Labute approximate surface area is 116 Å². The molecule has 0 aliphatic heterocycles. The van der Waals surface area contributed by atoms with Gasteiger partial charge < -0.3 is 10.7 Å². The van der Waals surface area contributed by atoms with Crippen LogP contribution in [0.2, 0.25) is 0 Å². The molecule has 0 bridgehead atoms. The monoisotopic (exact) mass is 265 g/mol. The van der Waals surface area contributed by atoms with Gasteiger partial charge in [0.2, 0.25) is 0 Å². The zero-order valence-electron chi connectivity index (χ0n) is 12.7. The highest BCUT2D eigenvalue weighted by atomic mass is 15.3. The van der Waals surface area contributed by atoms with Crippen LogP contribution in [0.25, 0.3) is 0 Å². The number of aromatic nitrogens is 2. The van der Waals surface area contributed by atoms with Crippen LogP contribution in [0.5, 0.6) is 0 Å². The number of hydrazine groups is 1. The third-order valence-corrected chi connectivity index (χ3v) is 3.20. The number of nitrogens with zero attached hydrogens (tertiary/aromatic N) is 2. The van der Waals surface area contributed by atoms with E-state index in [-0.39, 0.29) is 0 Å². The van der Waals surface area contributed by atoms with Gasteiger partial charge in [0.05, 0.1) is 0 Å². The Bertz CT molecular complexity index is 403. The molecule has 1 aromatic heterocycles. The molecule has 0 saturated carbocycles. The number of aryl methyl sites for hydroxylation is 1. The van der Waals surface area contributed by atoms with Gasteiger partial charge in [-0.1, -0.05) is 26.7 Å². The molecule has 5 nitrogen and oxygen atoms in total. The summed E-state index contributed by atoms with van der Waals surface area (Å²) < 4.78 is 0. The van der Waals surface area contributed by atoms with Gasteiger partial charge in [-0.25, -0.2) is 15.8 Å². The average Bonchev–Trinajstić information content (AvgIpc) is 2.32. The summed E-state index contributed by atoms with van der Waals surface area (Å²) in [5, 5.41) is 3.45. The van der Waals surface area contributed by atoms with E-state index in [2.05, 4.69) is 41.5 Å². The highest BCUT2D eigenvalue weighted by molar-refractivity contribution is 5.56. The summed E-state index contributed by atoms with van der Waals surface area (Å²) in [7, 11) is 0. The quantitative estimate of drug-likeness (QED) is 0.522. The third-order valence-electron chi connectivity index (χ3n) is 3.20. The molecule has 108 valence electrons. The molecule has 5 heteroatoms. The second kappa shape index (κ2) is 7.28. The molecule has 1 heterocycles. The molecule has 0 spiro atoms. The number of anilines is 2. The predicted molar refractivity (Wildman–Crippen MR) is 81.1 cm³/mol. The second-order valence-corrected chi connectivity index (χ2v) is 5.61. The van der Waals surface area contributed by atoms with E-state index < -0.39 is 0 Å². The maximum absolute atomic E-state index is 5.46. The molecule has 0 aromatic carbocycles. The number of hydrogen-bond donors (Lipinski definition) is 3. The fourth-order valence-corrected chi connectivity index (χ4v) is 2.05. The van der Waals surface area contributed by atoms with E-state index in [1.165, 1.54) is 12.8 Å². The van der Waals surface area contributed by atoms with Crippen molar-refractivity contribution in [1.29, 1.82) is 0 Å². The molecule has 1 unspecified atom stereocenters. The van der Waals surface area contributed by atoms with Gasteiger partial charge in [-0.15, -0.1) is 0 Å². The molecule has 4 N–H and O–H groups in total. The standard InChI is InChI=1S/C14H27N5/c1-9(2)7-6-8-10(3)16-13-11(4)14(19-15)18-12(5)17-13/h9-10H,6-8,15H2,1-5H3,(H2,16,17,18,19). The Kier molecular flexibility index (Phi) is 6.02. The van der Waals surface area contributed by atoms with E-state index in [0.717, 1.165) is 29.5 Å². The minimum Gasteiger partial charge on any atom is -0.367 e. The maximum atomic E-state index is 5.46. The van der Waals surface area contributed by atoms with Crippen molar-refractivity contribution in [3.05, 3.63) is 11.4 Å². The summed E-state index contributed by atoms with van der Waals surface area (Å²) in [5.74, 6) is 8.51. The van der Waals surface area contributed by atoms with E-state index in [4.69, 9.17) is 5.84 Å². The molecule has 19 heavy (non-hydrogen) atoms. The van der Waals surface area contributed by atoms with Crippen LogP contribution in [0.4, 0.5) is 11.6 Å². The molecule has 0 amide bonds. The number of nitrogen functional groups attached to an aromatic ring is 1. The van der Waals surface area contributed by atoms with E-state index in [0.29, 0.717) is 11.9 Å². The topological polar surface area (TPSA) is 75.9 Å². The Morgan fingerprint density at radius 1 is 1.05 bits per heavy atom. The highest BCUT2D eigenvalue weighted by Gasteiger charge is 2.11. The van der Waals surface area contributed by atoms with Crippen molar-refractivity contribution >= 4 is 11.6 Å². The van der Waals surface area contributed by atoms with E-state index in [1.807, 2.05) is 13.8 Å². The molecule has 0 saturated heterocycles. The lowest BCUT2D eigenvalue weighted by Crippen LogP contribution is -2.19. The molecule has 0 aliphatic rings. The predicted octanol–water partition coefficient (Wildman–Crippen LogP) is 3.01. The first kappa shape index (κ1) is 15.7. The highest BCUT2D eigenvalue weighted by Crippen LogP contribution is 2.20. The molecule has 0 aliphatic carbocycles. The van der Waals surface area contributed by atoms with Crippen molar-refractivity contribution in [2.75, 3.05) is 10.7 Å². The SMILES string of the molecule is Cc1nc(NN)c(C)c(NC(C)CCCC(C)C)n1. The molecular formula is C14H27N5. The van der Waals surface area contributed by atoms with E-state index in [1.54, 1.807) is 0 Å². The number of hydrogen-bond acceptors (Lipinski definition) is 5. The largest absolute Gasteiger partial charge is 0.367 e. The van der Waals surface area contributed by atoms with Crippen molar-refractivity contribution in [1.82, 2.24) is 9.97 Å². The van der Waals surface area contributed by atoms with E-state index >= 15 is 0 Å². The Morgan fingerprint density at radius 3 is 2.26 bits per heavy atom. The zero-order valence-corrected chi connectivity index (χ0v) is 12.7. The van der Waals surface area contributed by atoms with Crippen LogP contribution in [-0.2, 0) is 0 Å². The Hall–Kier alpha value is -1.36. The van der Waals surface area contributed by atoms with Gasteiger partial charge in [0.15, 0.2) is 0 Å². The van der Waals surface area contributed by atoms with Gasteiger partial charge >= 0.3 is 0 Å². The molecule has 1 rings (SSSR count). The number of rotatable bonds is 7. The smallest absolute Gasteiger partial charge is 0.148 e. The number of nitrogens with two attached hydrogens (primary N) is 1. The van der Waals surface area contributed by atoms with Gasteiger partial charge in [-0.05, 0) is 33.1 Å². The molecule has 1 aromatic rings. The van der Waals surface area contributed by atoms with Gasteiger partial charge in [0, 0.05) is 11.6 Å². The lowest BCUT2D eigenvalue weighted by molar-refractivity contribution is 0.520. The van der Waals surface area contributed by atoms with Gasteiger partial charge in [0.25, 0.3) is 0 Å². The lowest BCUT2D eigenvalue weighted by atomic mass is 10.0. The summed E-state index contributed by atoms with van der Waals surface area (Å²) in [6.07, 6.45) is 3.65. The molecule has 0 fully saturated rings. The normalized spacial score (nSPS) is 12.6. The van der Waals surface area contributed by atoms with Gasteiger partial charge in [-0.3, -0.25) is 0 Å².